The first kappa shape index (κ1) is 16.0. The molecule has 0 radical (unpaired) electrons. The molecule has 0 amide bonds. The Bertz CT molecular complexity index is 586. The molecular formula is C18H24OSi2. The lowest BCUT2D eigenvalue weighted by atomic mass is 10.1. The Hall–Kier alpha value is -1.43. The molecule has 0 unspecified atom stereocenters. The molecule has 2 aromatic rings. The van der Waals surface area contributed by atoms with Gasteiger partial charge in [-0.3, -0.25) is 0 Å². The van der Waals surface area contributed by atoms with Crippen LogP contribution in [0.15, 0.2) is 54.6 Å². The largest absolute Gasteiger partial charge is 0.455 e. The van der Waals surface area contributed by atoms with Gasteiger partial charge in [0.2, 0.25) is 8.32 Å². The lowest BCUT2D eigenvalue weighted by Gasteiger charge is -2.26. The van der Waals surface area contributed by atoms with Gasteiger partial charge in [0.25, 0.3) is 0 Å². The Morgan fingerprint density at radius 2 is 1.33 bits per heavy atom. The van der Waals surface area contributed by atoms with E-state index in [4.69, 9.17) is 4.12 Å². The Morgan fingerprint density at radius 1 is 0.810 bits per heavy atom. The lowest BCUT2D eigenvalue weighted by Crippen LogP contribution is -2.47. The summed E-state index contributed by atoms with van der Waals surface area (Å²) < 4.78 is 6.25. The van der Waals surface area contributed by atoms with Crippen molar-refractivity contribution in [2.24, 2.45) is 0 Å². The van der Waals surface area contributed by atoms with Crippen molar-refractivity contribution in [1.82, 2.24) is 0 Å². The molecule has 3 heteroatoms. The van der Waals surface area contributed by atoms with Gasteiger partial charge in [-0.25, -0.2) is 0 Å². The van der Waals surface area contributed by atoms with E-state index in [1.54, 1.807) is 0 Å². The fourth-order valence-corrected chi connectivity index (χ4v) is 8.64. The predicted octanol–water partition coefficient (Wildman–Crippen LogP) is 4.27. The minimum Gasteiger partial charge on any atom is -0.455 e. The Morgan fingerprint density at radius 3 is 1.86 bits per heavy atom. The molecule has 0 saturated carbocycles. The molecule has 0 aliphatic rings. The second-order valence-electron chi connectivity index (χ2n) is 6.04. The van der Waals surface area contributed by atoms with Crippen LogP contribution in [-0.4, -0.2) is 17.4 Å². The second kappa shape index (κ2) is 7.03. The van der Waals surface area contributed by atoms with Gasteiger partial charge in [0.05, 0.1) is 0 Å². The maximum absolute atomic E-state index is 6.25. The highest BCUT2D eigenvalue weighted by molar-refractivity contribution is 6.88. The molecular weight excluding hydrogens is 288 g/mol. The molecule has 0 fully saturated rings. The molecule has 0 atom stereocenters. The SMILES string of the molecule is C[SiH](C)O[Si](C)(C)c1ccc(/C=C/c2ccccc2)cc1. The molecule has 0 saturated heterocycles. The molecule has 0 heterocycles. The zero-order valence-corrected chi connectivity index (χ0v) is 15.5. The molecule has 0 bridgehead atoms. The van der Waals surface area contributed by atoms with Crippen molar-refractivity contribution in [3.63, 3.8) is 0 Å². The minimum absolute atomic E-state index is 0.984. The summed E-state index contributed by atoms with van der Waals surface area (Å²) in [6.07, 6.45) is 4.31. The molecule has 0 spiro atoms. The van der Waals surface area contributed by atoms with Gasteiger partial charge in [0.1, 0.15) is 0 Å². The number of rotatable bonds is 5. The summed E-state index contributed by atoms with van der Waals surface area (Å²) in [5.41, 5.74) is 2.46. The van der Waals surface area contributed by atoms with E-state index in [0.29, 0.717) is 0 Å². The average Bonchev–Trinajstić information content (AvgIpc) is 2.45. The molecule has 21 heavy (non-hydrogen) atoms. The van der Waals surface area contributed by atoms with Crippen LogP contribution < -0.4 is 5.19 Å². The third kappa shape index (κ3) is 4.81. The highest BCUT2D eigenvalue weighted by Crippen LogP contribution is 2.11. The molecule has 0 aromatic heterocycles. The summed E-state index contributed by atoms with van der Waals surface area (Å²) in [4.78, 5) is 0. The first-order chi connectivity index (χ1) is 9.97. The van der Waals surface area contributed by atoms with Gasteiger partial charge in [-0.05, 0) is 42.5 Å². The highest BCUT2D eigenvalue weighted by atomic mass is 28.4. The van der Waals surface area contributed by atoms with Crippen LogP contribution in [-0.2, 0) is 4.12 Å². The van der Waals surface area contributed by atoms with Gasteiger partial charge >= 0.3 is 0 Å². The summed E-state index contributed by atoms with van der Waals surface area (Å²) >= 11 is 0. The van der Waals surface area contributed by atoms with Crippen LogP contribution in [0, 0.1) is 0 Å². The standard InChI is InChI=1S/C18H24OSi2/c1-20(2)19-21(3,4)18-14-12-17(13-15-18)11-10-16-8-6-5-7-9-16/h5-15,20H,1-4H3/b11-10+. The van der Waals surface area contributed by atoms with Crippen LogP contribution in [0.2, 0.25) is 26.2 Å². The van der Waals surface area contributed by atoms with Crippen molar-refractivity contribution >= 4 is 34.7 Å². The van der Waals surface area contributed by atoms with Crippen LogP contribution >= 0.6 is 0 Å². The summed E-state index contributed by atoms with van der Waals surface area (Å²) in [6, 6.07) is 19.2. The third-order valence-electron chi connectivity index (χ3n) is 3.40. The van der Waals surface area contributed by atoms with Gasteiger partial charge in [-0.15, -0.1) is 0 Å². The summed E-state index contributed by atoms with van der Waals surface area (Å²) in [5, 5.41) is 1.38. The first-order valence-electron chi connectivity index (χ1n) is 7.49. The van der Waals surface area contributed by atoms with Crippen LogP contribution in [0.25, 0.3) is 12.2 Å². The molecule has 2 aromatic carbocycles. The number of benzene rings is 2. The van der Waals surface area contributed by atoms with Gasteiger partial charge in [0.15, 0.2) is 9.04 Å². The van der Waals surface area contributed by atoms with Crippen molar-refractivity contribution < 1.29 is 4.12 Å². The van der Waals surface area contributed by atoms with Crippen molar-refractivity contribution in [3.8, 4) is 0 Å². The van der Waals surface area contributed by atoms with Gasteiger partial charge < -0.3 is 4.12 Å². The fraction of sp³-hybridized carbons (Fsp3) is 0.222. The normalized spacial score (nSPS) is 12.2. The van der Waals surface area contributed by atoms with E-state index in [2.05, 4.69) is 86.9 Å². The van der Waals surface area contributed by atoms with E-state index < -0.39 is 17.4 Å². The van der Waals surface area contributed by atoms with E-state index in [-0.39, 0.29) is 0 Å². The van der Waals surface area contributed by atoms with Gasteiger partial charge in [-0.1, -0.05) is 66.7 Å². The second-order valence-corrected chi connectivity index (χ2v) is 12.7. The van der Waals surface area contributed by atoms with Crippen molar-refractivity contribution in [1.29, 1.82) is 0 Å². The minimum atomic E-state index is -1.71. The fourth-order valence-electron chi connectivity index (χ4n) is 2.41. The average molecular weight is 313 g/mol. The van der Waals surface area contributed by atoms with E-state index in [1.165, 1.54) is 16.3 Å². The smallest absolute Gasteiger partial charge is 0.205 e. The monoisotopic (exact) mass is 312 g/mol. The molecule has 0 N–H and O–H groups in total. The quantitative estimate of drug-likeness (QED) is 0.592. The van der Waals surface area contributed by atoms with Crippen molar-refractivity contribution in [2.75, 3.05) is 0 Å². The zero-order valence-electron chi connectivity index (χ0n) is 13.3. The topological polar surface area (TPSA) is 9.23 Å². The van der Waals surface area contributed by atoms with Crippen LogP contribution in [0.1, 0.15) is 11.1 Å². The van der Waals surface area contributed by atoms with Crippen LogP contribution in [0.5, 0.6) is 0 Å². The highest BCUT2D eigenvalue weighted by Gasteiger charge is 2.25. The van der Waals surface area contributed by atoms with Crippen LogP contribution in [0.4, 0.5) is 0 Å². The van der Waals surface area contributed by atoms with E-state index in [9.17, 15) is 0 Å². The molecule has 2 rings (SSSR count). The maximum Gasteiger partial charge on any atom is 0.205 e. The third-order valence-corrected chi connectivity index (χ3v) is 9.37. The van der Waals surface area contributed by atoms with E-state index in [0.717, 1.165) is 0 Å². The summed E-state index contributed by atoms with van der Waals surface area (Å²) in [6.45, 7) is 9.06. The van der Waals surface area contributed by atoms with E-state index >= 15 is 0 Å². The molecule has 110 valence electrons. The number of hydrogen-bond donors (Lipinski definition) is 0. The van der Waals surface area contributed by atoms with Crippen molar-refractivity contribution in [2.45, 2.75) is 26.2 Å². The number of hydrogen-bond acceptors (Lipinski definition) is 1. The Labute approximate surface area is 131 Å². The predicted molar refractivity (Wildman–Crippen MR) is 98.9 cm³/mol. The molecule has 1 nitrogen and oxygen atoms in total. The van der Waals surface area contributed by atoms with Gasteiger partial charge in [0, 0.05) is 0 Å². The van der Waals surface area contributed by atoms with E-state index in [1.807, 2.05) is 6.07 Å². The van der Waals surface area contributed by atoms with Gasteiger partial charge in [-0.2, -0.15) is 0 Å². The Balaban J connectivity index is 2.10. The summed E-state index contributed by atoms with van der Waals surface area (Å²) in [7, 11) is -2.70. The molecule has 0 aliphatic heterocycles. The maximum atomic E-state index is 6.25. The molecule has 0 aliphatic carbocycles. The van der Waals surface area contributed by atoms with Crippen molar-refractivity contribution in [3.05, 3.63) is 65.7 Å². The first-order valence-corrected chi connectivity index (χ1v) is 13.2. The van der Waals surface area contributed by atoms with Crippen LogP contribution in [0.3, 0.4) is 0 Å². The lowest BCUT2D eigenvalue weighted by molar-refractivity contribution is 0.590. The summed E-state index contributed by atoms with van der Waals surface area (Å²) in [5.74, 6) is 0. The zero-order chi connectivity index (χ0) is 15.3. The Kier molecular flexibility index (Phi) is 5.34.